The van der Waals surface area contributed by atoms with Gasteiger partial charge in [-0.1, -0.05) is 29.4 Å². The summed E-state index contributed by atoms with van der Waals surface area (Å²) in [4.78, 5) is 5.38. The minimum atomic E-state index is -0.263. The number of hydrogen-bond donors (Lipinski definition) is 1. The zero-order valence-electron chi connectivity index (χ0n) is 11.9. The van der Waals surface area contributed by atoms with E-state index in [1.807, 2.05) is 0 Å². The van der Waals surface area contributed by atoms with Gasteiger partial charge in [0.05, 0.1) is 5.71 Å². The van der Waals surface area contributed by atoms with Crippen LogP contribution in [0.3, 0.4) is 0 Å². The maximum Gasteiger partial charge on any atom is 0.145 e. The van der Waals surface area contributed by atoms with E-state index < -0.39 is 0 Å². The smallest absolute Gasteiger partial charge is 0.145 e. The molecular weight excluding hydrogens is 286 g/mol. The summed E-state index contributed by atoms with van der Waals surface area (Å²) in [6.45, 7) is 1.29. The highest BCUT2D eigenvalue weighted by atomic mass is 19.1. The van der Waals surface area contributed by atoms with Crippen LogP contribution >= 0.6 is 0 Å². The van der Waals surface area contributed by atoms with Crippen LogP contribution in [0.25, 0.3) is 0 Å². The fourth-order valence-corrected chi connectivity index (χ4v) is 2.33. The molecule has 0 radical (unpaired) electrons. The van der Waals surface area contributed by atoms with Crippen LogP contribution in [0.4, 0.5) is 8.78 Å². The first kappa shape index (κ1) is 14.7. The second-order valence-electron chi connectivity index (χ2n) is 5.23. The lowest BCUT2D eigenvalue weighted by Gasteiger charge is -2.09. The zero-order chi connectivity index (χ0) is 15.4. The summed E-state index contributed by atoms with van der Waals surface area (Å²) in [7, 11) is 0. The van der Waals surface area contributed by atoms with Gasteiger partial charge in [0, 0.05) is 19.5 Å². The molecule has 22 heavy (non-hydrogen) atoms. The maximum atomic E-state index is 12.9. The van der Waals surface area contributed by atoms with Gasteiger partial charge in [0.15, 0.2) is 0 Å². The number of rotatable bonds is 5. The molecule has 0 aromatic heterocycles. The molecule has 114 valence electrons. The summed E-state index contributed by atoms with van der Waals surface area (Å²) in [6, 6.07) is 12.6. The molecule has 0 aliphatic carbocycles. The number of halogens is 2. The highest BCUT2D eigenvalue weighted by Crippen LogP contribution is 2.16. The standard InChI is InChI=1S/C17H16F2N2O/c18-14-5-1-12(2-6-14)10-20-11-16-9-17(21-22-16)13-3-7-15(19)8-4-13/h1-8,16,20H,9-11H2/t16-/m0/s1. The van der Waals surface area contributed by atoms with E-state index in [-0.39, 0.29) is 17.7 Å². The Balaban J connectivity index is 1.46. The van der Waals surface area contributed by atoms with E-state index >= 15 is 0 Å². The van der Waals surface area contributed by atoms with Crippen LogP contribution in [-0.4, -0.2) is 18.4 Å². The molecule has 3 nitrogen and oxygen atoms in total. The van der Waals surface area contributed by atoms with Crippen molar-refractivity contribution in [3.8, 4) is 0 Å². The normalized spacial score (nSPS) is 17.2. The van der Waals surface area contributed by atoms with Crippen LogP contribution in [0.1, 0.15) is 17.5 Å². The lowest BCUT2D eigenvalue weighted by atomic mass is 10.1. The second-order valence-corrected chi connectivity index (χ2v) is 5.23. The molecule has 2 aromatic rings. The van der Waals surface area contributed by atoms with Crippen molar-refractivity contribution in [2.24, 2.45) is 5.16 Å². The van der Waals surface area contributed by atoms with Gasteiger partial charge in [0.25, 0.3) is 0 Å². The van der Waals surface area contributed by atoms with E-state index in [9.17, 15) is 8.78 Å². The van der Waals surface area contributed by atoms with Gasteiger partial charge in [-0.2, -0.15) is 0 Å². The molecule has 1 aliphatic heterocycles. The van der Waals surface area contributed by atoms with Gasteiger partial charge in [-0.15, -0.1) is 0 Å². The van der Waals surface area contributed by atoms with E-state index in [4.69, 9.17) is 4.84 Å². The van der Waals surface area contributed by atoms with Crippen molar-refractivity contribution in [2.45, 2.75) is 19.1 Å². The number of hydrogen-bond acceptors (Lipinski definition) is 3. The molecule has 0 saturated carbocycles. The molecule has 0 fully saturated rings. The molecule has 1 aliphatic rings. The van der Waals surface area contributed by atoms with Crippen molar-refractivity contribution >= 4 is 5.71 Å². The van der Waals surface area contributed by atoms with E-state index in [1.54, 1.807) is 24.3 Å². The van der Waals surface area contributed by atoms with Crippen LogP contribution in [0.5, 0.6) is 0 Å². The van der Waals surface area contributed by atoms with Gasteiger partial charge in [-0.05, 0) is 35.4 Å². The van der Waals surface area contributed by atoms with Crippen molar-refractivity contribution in [1.82, 2.24) is 5.32 Å². The Bertz CT molecular complexity index is 653. The van der Waals surface area contributed by atoms with Gasteiger partial charge in [0.2, 0.25) is 0 Å². The van der Waals surface area contributed by atoms with Gasteiger partial charge in [-0.3, -0.25) is 0 Å². The lowest BCUT2D eigenvalue weighted by Crippen LogP contribution is -2.26. The molecule has 1 N–H and O–H groups in total. The zero-order valence-corrected chi connectivity index (χ0v) is 11.9. The first-order chi connectivity index (χ1) is 10.7. The number of nitrogens with zero attached hydrogens (tertiary/aromatic N) is 1. The Morgan fingerprint density at radius 3 is 2.32 bits per heavy atom. The topological polar surface area (TPSA) is 33.6 Å². The van der Waals surface area contributed by atoms with Crippen LogP contribution in [0, 0.1) is 11.6 Å². The summed E-state index contributed by atoms with van der Waals surface area (Å²) in [5.41, 5.74) is 2.72. The van der Waals surface area contributed by atoms with Crippen molar-refractivity contribution in [1.29, 1.82) is 0 Å². The summed E-state index contributed by atoms with van der Waals surface area (Å²) < 4.78 is 25.7. The fourth-order valence-electron chi connectivity index (χ4n) is 2.33. The van der Waals surface area contributed by atoms with Crippen molar-refractivity contribution in [3.05, 3.63) is 71.3 Å². The highest BCUT2D eigenvalue weighted by molar-refractivity contribution is 6.01. The third kappa shape index (κ3) is 3.68. The van der Waals surface area contributed by atoms with Gasteiger partial charge >= 0.3 is 0 Å². The molecule has 1 atom stereocenters. The predicted octanol–water partition coefficient (Wildman–Crippen LogP) is 3.25. The van der Waals surface area contributed by atoms with Gasteiger partial charge < -0.3 is 10.2 Å². The van der Waals surface area contributed by atoms with Gasteiger partial charge in [0.1, 0.15) is 17.7 Å². The average Bonchev–Trinajstić information content (AvgIpc) is 2.99. The Labute approximate surface area is 127 Å². The van der Waals surface area contributed by atoms with E-state index in [0.717, 1.165) is 16.8 Å². The number of benzene rings is 2. The van der Waals surface area contributed by atoms with Crippen molar-refractivity contribution < 1.29 is 13.6 Å². The fraction of sp³-hybridized carbons (Fsp3) is 0.235. The van der Waals surface area contributed by atoms with Crippen LogP contribution < -0.4 is 5.32 Å². The largest absolute Gasteiger partial charge is 0.390 e. The Hall–Kier alpha value is -2.27. The first-order valence-electron chi connectivity index (χ1n) is 7.14. The quantitative estimate of drug-likeness (QED) is 0.920. The first-order valence-corrected chi connectivity index (χ1v) is 7.14. The van der Waals surface area contributed by atoms with Crippen LogP contribution in [0.15, 0.2) is 53.7 Å². The van der Waals surface area contributed by atoms with Gasteiger partial charge in [-0.25, -0.2) is 8.78 Å². The van der Waals surface area contributed by atoms with Crippen molar-refractivity contribution in [2.75, 3.05) is 6.54 Å². The molecule has 0 spiro atoms. The monoisotopic (exact) mass is 302 g/mol. The van der Waals surface area contributed by atoms with Crippen LogP contribution in [0.2, 0.25) is 0 Å². The molecule has 0 bridgehead atoms. The average molecular weight is 302 g/mol. The molecule has 3 rings (SSSR count). The molecule has 0 unspecified atom stereocenters. The minimum absolute atomic E-state index is 0.0412. The van der Waals surface area contributed by atoms with E-state index in [1.165, 1.54) is 24.3 Å². The predicted molar refractivity (Wildman–Crippen MR) is 80.5 cm³/mol. The van der Waals surface area contributed by atoms with E-state index in [2.05, 4.69) is 10.5 Å². The summed E-state index contributed by atoms with van der Waals surface area (Å²) in [5, 5.41) is 7.32. The third-order valence-electron chi connectivity index (χ3n) is 3.52. The molecular formula is C17H16F2N2O. The maximum absolute atomic E-state index is 12.9. The SMILES string of the molecule is Fc1ccc(CNC[C@@H]2CC(c3ccc(F)cc3)=NO2)cc1. The molecule has 0 saturated heterocycles. The highest BCUT2D eigenvalue weighted by Gasteiger charge is 2.21. The Morgan fingerprint density at radius 1 is 1.00 bits per heavy atom. The van der Waals surface area contributed by atoms with E-state index in [0.29, 0.717) is 19.5 Å². The van der Waals surface area contributed by atoms with Crippen LogP contribution in [-0.2, 0) is 11.4 Å². The minimum Gasteiger partial charge on any atom is -0.390 e. The Morgan fingerprint density at radius 2 is 1.64 bits per heavy atom. The molecule has 2 aromatic carbocycles. The molecule has 5 heteroatoms. The second kappa shape index (κ2) is 6.66. The number of nitrogens with one attached hydrogen (secondary N) is 1. The summed E-state index contributed by atoms with van der Waals surface area (Å²) in [5.74, 6) is -0.499. The number of oxime groups is 1. The molecule has 1 heterocycles. The lowest BCUT2D eigenvalue weighted by molar-refractivity contribution is 0.0848. The summed E-state index contributed by atoms with van der Waals surface area (Å²) >= 11 is 0. The summed E-state index contributed by atoms with van der Waals surface area (Å²) in [6.07, 6.45) is 0.641. The van der Waals surface area contributed by atoms with Crippen molar-refractivity contribution in [3.63, 3.8) is 0 Å². The third-order valence-corrected chi connectivity index (χ3v) is 3.52. The molecule has 0 amide bonds. The Kier molecular flexibility index (Phi) is 4.44.